The third kappa shape index (κ3) is 3.14. The van der Waals surface area contributed by atoms with Crippen molar-refractivity contribution in [2.75, 3.05) is 0 Å². The highest BCUT2D eigenvalue weighted by atomic mass is 16.2. The van der Waals surface area contributed by atoms with Gasteiger partial charge in [-0.25, -0.2) is 4.79 Å². The molecule has 17 heavy (non-hydrogen) atoms. The quantitative estimate of drug-likeness (QED) is 0.763. The molecule has 0 aliphatic heterocycles. The van der Waals surface area contributed by atoms with E-state index in [4.69, 9.17) is 0 Å². The van der Waals surface area contributed by atoms with Crippen molar-refractivity contribution in [3.05, 3.63) is 0 Å². The Labute approximate surface area is 105 Å². The summed E-state index contributed by atoms with van der Waals surface area (Å²) in [5.41, 5.74) is -0.154. The molecule has 2 N–H and O–H groups in total. The molecule has 4 atom stereocenters. The highest BCUT2D eigenvalue weighted by Crippen LogP contribution is 2.49. The Kier molecular flexibility index (Phi) is 3.37. The van der Waals surface area contributed by atoms with Gasteiger partial charge in [-0.05, 0) is 64.7 Å². The van der Waals surface area contributed by atoms with Crippen molar-refractivity contribution >= 4 is 6.03 Å². The van der Waals surface area contributed by atoms with Crippen LogP contribution in [-0.2, 0) is 0 Å². The zero-order chi connectivity index (χ0) is 12.6. The van der Waals surface area contributed by atoms with Gasteiger partial charge in [-0.15, -0.1) is 0 Å². The van der Waals surface area contributed by atoms with Crippen LogP contribution in [0.3, 0.4) is 0 Å². The minimum absolute atomic E-state index is 0.0206. The molecule has 4 unspecified atom stereocenters. The first-order chi connectivity index (χ1) is 7.85. The second kappa shape index (κ2) is 4.51. The molecular formula is C14H26N2O. The summed E-state index contributed by atoms with van der Waals surface area (Å²) in [5, 5.41) is 6.08. The Balaban J connectivity index is 1.81. The van der Waals surface area contributed by atoms with Crippen LogP contribution in [0.4, 0.5) is 4.79 Å². The van der Waals surface area contributed by atoms with E-state index in [0.29, 0.717) is 12.0 Å². The molecule has 2 aliphatic rings. The Hall–Kier alpha value is -0.730. The maximum absolute atomic E-state index is 11.8. The van der Waals surface area contributed by atoms with Crippen LogP contribution in [0.15, 0.2) is 0 Å². The van der Waals surface area contributed by atoms with E-state index in [9.17, 15) is 4.79 Å². The van der Waals surface area contributed by atoms with Gasteiger partial charge in [0, 0.05) is 11.6 Å². The first-order valence-electron chi connectivity index (χ1n) is 6.94. The van der Waals surface area contributed by atoms with Gasteiger partial charge in [-0.2, -0.15) is 0 Å². The molecule has 2 saturated carbocycles. The predicted octanol–water partition coefficient (Wildman–Crippen LogP) is 2.91. The van der Waals surface area contributed by atoms with Crippen LogP contribution < -0.4 is 10.6 Å². The first kappa shape index (κ1) is 12.7. The maximum Gasteiger partial charge on any atom is 0.315 e. The number of carbonyl (C=O) groups excluding carboxylic acids is 1. The standard InChI is InChI=1S/C14H26N2O/c1-9(15-13(17)16-14(2,3)4)12-8-10-5-6-11(12)7-10/h9-12H,5-8H2,1-4H3,(H2,15,16,17). The molecule has 0 aromatic heterocycles. The number of rotatable bonds is 2. The van der Waals surface area contributed by atoms with E-state index in [-0.39, 0.29) is 11.6 Å². The van der Waals surface area contributed by atoms with Gasteiger partial charge < -0.3 is 10.6 Å². The molecule has 0 radical (unpaired) electrons. The van der Waals surface area contributed by atoms with Gasteiger partial charge in [0.05, 0.1) is 0 Å². The summed E-state index contributed by atoms with van der Waals surface area (Å²) in [4.78, 5) is 11.8. The average Bonchev–Trinajstić information content (AvgIpc) is 2.74. The Morgan fingerprint density at radius 2 is 1.94 bits per heavy atom. The summed E-state index contributed by atoms with van der Waals surface area (Å²) >= 11 is 0. The third-order valence-electron chi connectivity index (χ3n) is 4.28. The Bertz CT molecular complexity index is 295. The summed E-state index contributed by atoms with van der Waals surface area (Å²) in [7, 11) is 0. The fourth-order valence-corrected chi connectivity index (χ4v) is 3.60. The van der Waals surface area contributed by atoms with E-state index in [2.05, 4.69) is 17.6 Å². The number of hydrogen-bond donors (Lipinski definition) is 2. The lowest BCUT2D eigenvalue weighted by molar-refractivity contribution is 0.213. The molecule has 3 nitrogen and oxygen atoms in total. The molecule has 2 fully saturated rings. The van der Waals surface area contributed by atoms with Gasteiger partial charge in [-0.3, -0.25) is 0 Å². The van der Waals surface area contributed by atoms with Crippen LogP contribution in [0.25, 0.3) is 0 Å². The van der Waals surface area contributed by atoms with Crippen molar-refractivity contribution < 1.29 is 4.79 Å². The topological polar surface area (TPSA) is 41.1 Å². The SMILES string of the molecule is CC(NC(=O)NC(C)(C)C)C1CC2CCC1C2. The maximum atomic E-state index is 11.8. The molecule has 0 saturated heterocycles. The molecular weight excluding hydrogens is 212 g/mol. The van der Waals surface area contributed by atoms with Gasteiger partial charge in [-0.1, -0.05) is 6.42 Å². The van der Waals surface area contributed by atoms with Crippen molar-refractivity contribution in [1.29, 1.82) is 0 Å². The largest absolute Gasteiger partial charge is 0.335 e. The normalized spacial score (nSPS) is 33.5. The van der Waals surface area contributed by atoms with Crippen molar-refractivity contribution in [2.45, 2.75) is 65.0 Å². The van der Waals surface area contributed by atoms with E-state index in [1.54, 1.807) is 0 Å². The lowest BCUT2D eigenvalue weighted by Gasteiger charge is -2.30. The molecule has 0 aromatic rings. The summed E-state index contributed by atoms with van der Waals surface area (Å²) in [5.74, 6) is 2.52. The minimum atomic E-state index is -0.154. The molecule has 0 heterocycles. The average molecular weight is 238 g/mol. The third-order valence-corrected chi connectivity index (χ3v) is 4.28. The summed E-state index contributed by atoms with van der Waals surface area (Å²) in [6.45, 7) is 8.19. The number of fused-ring (bicyclic) bond motifs is 2. The summed E-state index contributed by atoms with van der Waals surface area (Å²) < 4.78 is 0. The minimum Gasteiger partial charge on any atom is -0.335 e. The van der Waals surface area contributed by atoms with Gasteiger partial charge in [0.2, 0.25) is 0 Å². The second-order valence-corrected chi connectivity index (χ2v) is 6.98. The van der Waals surface area contributed by atoms with Gasteiger partial charge in [0.15, 0.2) is 0 Å². The van der Waals surface area contributed by atoms with Crippen LogP contribution in [-0.4, -0.2) is 17.6 Å². The lowest BCUT2D eigenvalue weighted by atomic mass is 9.84. The number of hydrogen-bond acceptors (Lipinski definition) is 1. The zero-order valence-electron chi connectivity index (χ0n) is 11.5. The monoisotopic (exact) mass is 238 g/mol. The summed E-state index contributed by atoms with van der Waals surface area (Å²) in [6.07, 6.45) is 5.52. The second-order valence-electron chi connectivity index (χ2n) is 6.98. The van der Waals surface area contributed by atoms with Crippen LogP contribution in [0, 0.1) is 17.8 Å². The molecule has 0 spiro atoms. The number of urea groups is 1. The van der Waals surface area contributed by atoms with Crippen molar-refractivity contribution in [3.8, 4) is 0 Å². The predicted molar refractivity (Wildman–Crippen MR) is 69.8 cm³/mol. The van der Waals surface area contributed by atoms with Crippen LogP contribution >= 0.6 is 0 Å². The van der Waals surface area contributed by atoms with Gasteiger partial charge >= 0.3 is 6.03 Å². The van der Waals surface area contributed by atoms with Gasteiger partial charge in [0.25, 0.3) is 0 Å². The number of amides is 2. The Morgan fingerprint density at radius 3 is 2.41 bits per heavy atom. The molecule has 98 valence electrons. The number of nitrogens with one attached hydrogen (secondary N) is 2. The Morgan fingerprint density at radius 1 is 1.24 bits per heavy atom. The molecule has 2 rings (SSSR count). The van der Waals surface area contributed by atoms with Crippen LogP contribution in [0.2, 0.25) is 0 Å². The molecule has 3 heteroatoms. The van der Waals surface area contributed by atoms with E-state index in [1.165, 1.54) is 25.7 Å². The highest BCUT2D eigenvalue weighted by molar-refractivity contribution is 5.74. The van der Waals surface area contributed by atoms with Crippen molar-refractivity contribution in [3.63, 3.8) is 0 Å². The lowest BCUT2D eigenvalue weighted by Crippen LogP contribution is -2.51. The zero-order valence-corrected chi connectivity index (χ0v) is 11.5. The van der Waals surface area contributed by atoms with Crippen LogP contribution in [0.5, 0.6) is 0 Å². The molecule has 2 bridgehead atoms. The number of carbonyl (C=O) groups is 1. The smallest absolute Gasteiger partial charge is 0.315 e. The van der Waals surface area contributed by atoms with E-state index >= 15 is 0 Å². The highest BCUT2D eigenvalue weighted by Gasteiger charge is 2.42. The summed E-state index contributed by atoms with van der Waals surface area (Å²) in [6, 6.07) is 0.292. The fraction of sp³-hybridized carbons (Fsp3) is 0.929. The first-order valence-corrected chi connectivity index (χ1v) is 6.94. The van der Waals surface area contributed by atoms with Crippen molar-refractivity contribution in [2.24, 2.45) is 17.8 Å². The van der Waals surface area contributed by atoms with E-state index < -0.39 is 0 Å². The molecule has 2 amide bonds. The van der Waals surface area contributed by atoms with E-state index in [1.807, 2.05) is 20.8 Å². The van der Waals surface area contributed by atoms with E-state index in [0.717, 1.165) is 11.8 Å². The van der Waals surface area contributed by atoms with Crippen molar-refractivity contribution in [1.82, 2.24) is 10.6 Å². The van der Waals surface area contributed by atoms with Gasteiger partial charge in [0.1, 0.15) is 0 Å². The molecule has 2 aliphatic carbocycles. The fourth-order valence-electron chi connectivity index (χ4n) is 3.60. The van der Waals surface area contributed by atoms with Crippen LogP contribution in [0.1, 0.15) is 53.4 Å². The molecule has 0 aromatic carbocycles.